The number of nitrogens with zero attached hydrogens (tertiary/aromatic N) is 1. The molecule has 1 aliphatic rings. The molecule has 7 nitrogen and oxygen atoms in total. The molecule has 0 radical (unpaired) electrons. The monoisotopic (exact) mass is 432 g/mol. The summed E-state index contributed by atoms with van der Waals surface area (Å²) < 4.78 is 32.7. The maximum absolute atomic E-state index is 13.0. The fourth-order valence-corrected chi connectivity index (χ4v) is 5.38. The first-order chi connectivity index (χ1) is 14.2. The van der Waals surface area contributed by atoms with Gasteiger partial charge in [0.15, 0.2) is 11.5 Å². The van der Waals surface area contributed by atoms with Gasteiger partial charge in [0, 0.05) is 30.8 Å². The molecule has 0 aliphatic carbocycles. The SMILES string of the molecule is CCOc1ccc(NC(=O)C2CCN(S(=O)(=O)c3ccc(C)cc3C)CC2)cc1O. The molecular formula is C22H28N2O5S. The zero-order chi connectivity index (χ0) is 21.9. The molecule has 0 atom stereocenters. The Morgan fingerprint density at radius 1 is 1.17 bits per heavy atom. The van der Waals surface area contributed by atoms with Crippen LogP contribution in [-0.2, 0) is 14.8 Å². The van der Waals surface area contributed by atoms with Crippen molar-refractivity contribution in [3.05, 3.63) is 47.5 Å². The van der Waals surface area contributed by atoms with E-state index in [4.69, 9.17) is 4.74 Å². The Morgan fingerprint density at radius 3 is 2.47 bits per heavy atom. The zero-order valence-electron chi connectivity index (χ0n) is 17.5. The van der Waals surface area contributed by atoms with Crippen LogP contribution in [0.4, 0.5) is 5.69 Å². The van der Waals surface area contributed by atoms with E-state index < -0.39 is 10.0 Å². The van der Waals surface area contributed by atoms with Crippen molar-refractivity contribution in [1.82, 2.24) is 4.31 Å². The number of aromatic hydroxyl groups is 1. The van der Waals surface area contributed by atoms with Gasteiger partial charge in [-0.3, -0.25) is 4.79 Å². The summed E-state index contributed by atoms with van der Waals surface area (Å²) in [6, 6.07) is 10.0. The Balaban J connectivity index is 1.62. The summed E-state index contributed by atoms with van der Waals surface area (Å²) in [6.07, 6.45) is 0.887. The molecule has 2 aromatic rings. The Morgan fingerprint density at radius 2 is 1.87 bits per heavy atom. The van der Waals surface area contributed by atoms with Crippen LogP contribution in [0.25, 0.3) is 0 Å². The first kappa shape index (κ1) is 22.1. The van der Waals surface area contributed by atoms with Gasteiger partial charge in [-0.2, -0.15) is 4.31 Å². The van der Waals surface area contributed by atoms with Gasteiger partial charge in [0.05, 0.1) is 11.5 Å². The minimum Gasteiger partial charge on any atom is -0.504 e. The lowest BCUT2D eigenvalue weighted by Gasteiger charge is -2.31. The third-order valence-electron chi connectivity index (χ3n) is 5.30. The van der Waals surface area contributed by atoms with Crippen LogP contribution in [0.1, 0.15) is 30.9 Å². The van der Waals surface area contributed by atoms with Crippen molar-refractivity contribution in [3.63, 3.8) is 0 Å². The Hall–Kier alpha value is -2.58. The summed E-state index contributed by atoms with van der Waals surface area (Å²) in [6.45, 7) is 6.57. The van der Waals surface area contributed by atoms with Crippen molar-refractivity contribution in [3.8, 4) is 11.5 Å². The summed E-state index contributed by atoms with van der Waals surface area (Å²) in [5.41, 5.74) is 2.22. The molecule has 0 bridgehead atoms. The van der Waals surface area contributed by atoms with Gasteiger partial charge in [0.1, 0.15) is 0 Å². The molecule has 2 N–H and O–H groups in total. The third kappa shape index (κ3) is 4.76. The lowest BCUT2D eigenvalue weighted by Crippen LogP contribution is -2.41. The van der Waals surface area contributed by atoms with Crippen molar-refractivity contribution in [2.24, 2.45) is 5.92 Å². The Labute approximate surface area is 177 Å². The number of sulfonamides is 1. The molecule has 0 saturated carbocycles. The molecule has 0 unspecified atom stereocenters. The van der Waals surface area contributed by atoms with Gasteiger partial charge in [-0.15, -0.1) is 0 Å². The number of hydrogen-bond donors (Lipinski definition) is 2. The highest BCUT2D eigenvalue weighted by atomic mass is 32.2. The lowest BCUT2D eigenvalue weighted by molar-refractivity contribution is -0.120. The van der Waals surface area contributed by atoms with E-state index in [1.807, 2.05) is 19.9 Å². The lowest BCUT2D eigenvalue weighted by atomic mass is 9.97. The number of carbonyl (C=O) groups excluding carboxylic acids is 1. The van der Waals surface area contributed by atoms with Crippen LogP contribution in [0.2, 0.25) is 0 Å². The maximum Gasteiger partial charge on any atom is 0.243 e. The van der Waals surface area contributed by atoms with Crippen LogP contribution in [0.5, 0.6) is 11.5 Å². The van der Waals surface area contributed by atoms with Gasteiger partial charge in [-0.25, -0.2) is 8.42 Å². The van der Waals surface area contributed by atoms with Crippen LogP contribution in [0, 0.1) is 19.8 Å². The third-order valence-corrected chi connectivity index (χ3v) is 7.36. The minimum absolute atomic E-state index is 0.0379. The number of phenols is 1. The average Bonchev–Trinajstić information content (AvgIpc) is 2.70. The number of aryl methyl sites for hydroxylation is 2. The highest BCUT2D eigenvalue weighted by Crippen LogP contribution is 2.30. The van der Waals surface area contributed by atoms with Gasteiger partial charge >= 0.3 is 0 Å². The zero-order valence-corrected chi connectivity index (χ0v) is 18.3. The molecule has 0 spiro atoms. The molecule has 1 heterocycles. The van der Waals surface area contributed by atoms with Gasteiger partial charge in [0.25, 0.3) is 0 Å². The molecule has 1 aliphatic heterocycles. The number of piperidine rings is 1. The summed E-state index contributed by atoms with van der Waals surface area (Å²) in [4.78, 5) is 12.9. The van der Waals surface area contributed by atoms with Gasteiger partial charge in [-0.1, -0.05) is 17.7 Å². The van der Waals surface area contributed by atoms with Crippen molar-refractivity contribution in [2.45, 2.75) is 38.5 Å². The van der Waals surface area contributed by atoms with E-state index in [1.165, 1.54) is 10.4 Å². The van der Waals surface area contributed by atoms with E-state index in [9.17, 15) is 18.3 Å². The normalized spacial score (nSPS) is 15.7. The number of nitrogens with one attached hydrogen (secondary N) is 1. The van der Waals surface area contributed by atoms with Crippen LogP contribution in [0.15, 0.2) is 41.3 Å². The molecule has 162 valence electrons. The predicted molar refractivity (Wildman–Crippen MR) is 115 cm³/mol. The van der Waals surface area contributed by atoms with Crippen molar-refractivity contribution < 1.29 is 23.1 Å². The number of benzene rings is 2. The van der Waals surface area contributed by atoms with Crippen molar-refractivity contribution >= 4 is 21.6 Å². The summed E-state index contributed by atoms with van der Waals surface area (Å²) in [7, 11) is -3.58. The molecule has 3 rings (SSSR count). The second-order valence-electron chi connectivity index (χ2n) is 7.55. The van der Waals surface area contributed by atoms with Crippen LogP contribution in [-0.4, -0.2) is 43.4 Å². The van der Waals surface area contributed by atoms with Crippen molar-refractivity contribution in [2.75, 3.05) is 25.0 Å². The molecule has 1 saturated heterocycles. The average molecular weight is 433 g/mol. The van der Waals surface area contributed by atoms with E-state index in [2.05, 4.69) is 5.32 Å². The van der Waals surface area contributed by atoms with E-state index in [0.29, 0.717) is 48.9 Å². The van der Waals surface area contributed by atoms with Crippen LogP contribution in [0.3, 0.4) is 0 Å². The summed E-state index contributed by atoms with van der Waals surface area (Å²) in [5, 5.41) is 12.8. The smallest absolute Gasteiger partial charge is 0.243 e. The molecule has 2 aromatic carbocycles. The van der Waals surface area contributed by atoms with Crippen LogP contribution < -0.4 is 10.1 Å². The second-order valence-corrected chi connectivity index (χ2v) is 9.46. The number of anilines is 1. The topological polar surface area (TPSA) is 95.9 Å². The minimum atomic E-state index is -3.58. The highest BCUT2D eigenvalue weighted by molar-refractivity contribution is 7.89. The molecule has 30 heavy (non-hydrogen) atoms. The number of ether oxygens (including phenoxy) is 1. The maximum atomic E-state index is 13.0. The van der Waals surface area contributed by atoms with E-state index in [0.717, 1.165) is 11.1 Å². The Kier molecular flexibility index (Phi) is 6.67. The highest BCUT2D eigenvalue weighted by Gasteiger charge is 2.32. The first-order valence-electron chi connectivity index (χ1n) is 10.1. The van der Waals surface area contributed by atoms with Crippen molar-refractivity contribution in [1.29, 1.82) is 0 Å². The number of carbonyl (C=O) groups is 1. The fraction of sp³-hybridized carbons (Fsp3) is 0.409. The van der Waals surface area contributed by atoms with E-state index in [1.54, 1.807) is 31.2 Å². The fourth-order valence-electron chi connectivity index (χ4n) is 3.70. The van der Waals surface area contributed by atoms with Gasteiger partial charge in [-0.05, 0) is 57.4 Å². The second kappa shape index (κ2) is 9.06. The number of phenolic OH excluding ortho intramolecular Hbond substituents is 1. The number of rotatable bonds is 6. The predicted octanol–water partition coefficient (Wildman–Crippen LogP) is 3.45. The Bertz CT molecular complexity index is 1030. The molecular weight excluding hydrogens is 404 g/mol. The first-order valence-corrected chi connectivity index (χ1v) is 11.5. The number of amides is 1. The molecule has 1 amide bonds. The van der Waals surface area contributed by atoms with E-state index >= 15 is 0 Å². The largest absolute Gasteiger partial charge is 0.504 e. The molecule has 0 aromatic heterocycles. The van der Waals surface area contributed by atoms with Crippen LogP contribution >= 0.6 is 0 Å². The van der Waals surface area contributed by atoms with E-state index in [-0.39, 0.29) is 17.6 Å². The standard InChI is InChI=1S/C22H28N2O5S/c1-4-29-20-7-6-18(14-19(20)25)23-22(26)17-9-11-24(12-10-17)30(27,28)21-8-5-15(2)13-16(21)3/h5-8,13-14,17,25H,4,9-12H2,1-3H3,(H,23,26). The molecule has 1 fully saturated rings. The van der Waals surface area contributed by atoms with Gasteiger partial charge < -0.3 is 15.2 Å². The number of hydrogen-bond acceptors (Lipinski definition) is 5. The van der Waals surface area contributed by atoms with Gasteiger partial charge in [0.2, 0.25) is 15.9 Å². The molecule has 8 heteroatoms. The summed E-state index contributed by atoms with van der Waals surface area (Å²) >= 11 is 0. The summed E-state index contributed by atoms with van der Waals surface area (Å²) in [5.74, 6) is -0.143. The quantitative estimate of drug-likeness (QED) is 0.729.